The second-order valence-electron chi connectivity index (χ2n) is 3.84. The maximum absolute atomic E-state index is 10.9. The molecule has 0 bridgehead atoms. The number of nitrogens with zero attached hydrogens (tertiary/aromatic N) is 4. The van der Waals surface area contributed by atoms with Crippen LogP contribution in [0.5, 0.6) is 0 Å². The van der Waals surface area contributed by atoms with Crippen LogP contribution in [0.3, 0.4) is 0 Å². The highest BCUT2D eigenvalue weighted by Crippen LogP contribution is 2.26. The van der Waals surface area contributed by atoms with Gasteiger partial charge >= 0.3 is 5.97 Å². The Hall–Kier alpha value is -3.39. The Morgan fingerprint density at radius 1 is 1.38 bits per heavy atom. The molecule has 21 heavy (non-hydrogen) atoms. The fourth-order valence-electron chi connectivity index (χ4n) is 1.61. The Labute approximate surface area is 119 Å². The van der Waals surface area contributed by atoms with Crippen LogP contribution in [0.2, 0.25) is 0 Å². The third kappa shape index (κ3) is 4.33. The van der Waals surface area contributed by atoms with Crippen molar-refractivity contribution < 1.29 is 14.8 Å². The first kappa shape index (κ1) is 15.7. The topological polar surface area (TPSA) is 131 Å². The molecule has 0 radical (unpaired) electrons. The first-order chi connectivity index (χ1) is 9.99. The van der Waals surface area contributed by atoms with E-state index in [2.05, 4.69) is 0 Å². The smallest absolute Gasteiger partial charge is 0.328 e. The lowest BCUT2D eigenvalue weighted by atomic mass is 10.1. The van der Waals surface area contributed by atoms with Crippen molar-refractivity contribution in [2.75, 3.05) is 18.0 Å². The Balaban J connectivity index is 3.29. The lowest BCUT2D eigenvalue weighted by Crippen LogP contribution is -2.23. The number of aliphatic carboxylic acids is 1. The van der Waals surface area contributed by atoms with Gasteiger partial charge in [0.15, 0.2) is 0 Å². The van der Waals surface area contributed by atoms with E-state index in [1.807, 2.05) is 12.1 Å². The SMILES string of the molecule is N#CCN(CC#N)c1ccc([N+](=O)[O-])c(/C=C/C(=O)O)c1. The van der Waals surface area contributed by atoms with Crippen molar-refractivity contribution in [1.82, 2.24) is 0 Å². The summed E-state index contributed by atoms with van der Waals surface area (Å²) in [5, 5.41) is 36.9. The molecule has 0 heterocycles. The molecule has 0 aliphatic carbocycles. The minimum atomic E-state index is -1.24. The van der Waals surface area contributed by atoms with Gasteiger partial charge in [0.05, 0.1) is 22.6 Å². The molecule has 0 spiro atoms. The number of benzene rings is 1. The van der Waals surface area contributed by atoms with E-state index in [0.717, 1.165) is 12.2 Å². The van der Waals surface area contributed by atoms with Gasteiger partial charge in [-0.15, -0.1) is 0 Å². The number of carboxylic acids is 1. The van der Waals surface area contributed by atoms with Crippen molar-refractivity contribution in [3.05, 3.63) is 40.0 Å². The van der Waals surface area contributed by atoms with E-state index in [4.69, 9.17) is 15.6 Å². The highest BCUT2D eigenvalue weighted by atomic mass is 16.6. The van der Waals surface area contributed by atoms with E-state index in [0.29, 0.717) is 5.69 Å². The predicted molar refractivity (Wildman–Crippen MR) is 73.2 cm³/mol. The number of nitro groups is 1. The Morgan fingerprint density at radius 3 is 2.48 bits per heavy atom. The van der Waals surface area contributed by atoms with Crippen LogP contribution >= 0.6 is 0 Å². The van der Waals surface area contributed by atoms with Crippen LogP contribution in [-0.2, 0) is 4.79 Å². The summed E-state index contributed by atoms with van der Waals surface area (Å²) in [6.07, 6.45) is 1.88. The molecule has 0 amide bonds. The summed E-state index contributed by atoms with van der Waals surface area (Å²) < 4.78 is 0. The number of rotatable bonds is 6. The molecule has 0 aliphatic heterocycles. The van der Waals surface area contributed by atoms with E-state index < -0.39 is 10.9 Å². The molecule has 0 fully saturated rings. The molecule has 1 N–H and O–H groups in total. The highest BCUT2D eigenvalue weighted by molar-refractivity contribution is 5.86. The number of hydrogen-bond acceptors (Lipinski definition) is 6. The summed E-state index contributed by atoms with van der Waals surface area (Å²) in [5.41, 5.74) is 0.250. The Morgan fingerprint density at radius 2 is 2.00 bits per heavy atom. The monoisotopic (exact) mass is 286 g/mol. The predicted octanol–water partition coefficient (Wildman–Crippen LogP) is 1.55. The normalized spacial score (nSPS) is 9.81. The standard InChI is InChI=1S/C13H10N4O4/c14-5-7-16(8-6-15)11-2-3-12(17(20)21)10(9-11)1-4-13(18)19/h1-4,9H,7-8H2,(H,18,19)/b4-1+. The molecule has 0 saturated heterocycles. The van der Waals surface area contributed by atoms with E-state index in [1.54, 1.807) is 0 Å². The maximum atomic E-state index is 10.9. The second-order valence-corrected chi connectivity index (χ2v) is 3.84. The quantitative estimate of drug-likeness (QED) is 0.363. The number of nitriles is 2. The highest BCUT2D eigenvalue weighted by Gasteiger charge is 2.15. The summed E-state index contributed by atoms with van der Waals surface area (Å²) in [4.78, 5) is 22.2. The minimum absolute atomic E-state index is 0.0620. The van der Waals surface area contributed by atoms with Gasteiger partial charge in [-0.3, -0.25) is 10.1 Å². The number of hydrogen-bond donors (Lipinski definition) is 1. The summed E-state index contributed by atoms with van der Waals surface area (Å²) in [7, 11) is 0. The average molecular weight is 286 g/mol. The summed E-state index contributed by atoms with van der Waals surface area (Å²) in [6, 6.07) is 7.76. The molecule has 0 unspecified atom stereocenters. The van der Waals surface area contributed by atoms with Crippen molar-refractivity contribution in [1.29, 1.82) is 10.5 Å². The van der Waals surface area contributed by atoms with E-state index >= 15 is 0 Å². The largest absolute Gasteiger partial charge is 0.478 e. The first-order valence-electron chi connectivity index (χ1n) is 5.68. The van der Waals surface area contributed by atoms with E-state index in [-0.39, 0.29) is 24.3 Å². The van der Waals surface area contributed by atoms with Gasteiger partial charge in [-0.25, -0.2) is 4.79 Å². The summed E-state index contributed by atoms with van der Waals surface area (Å²) >= 11 is 0. The molecule has 8 nitrogen and oxygen atoms in total. The maximum Gasteiger partial charge on any atom is 0.328 e. The van der Waals surface area contributed by atoms with Crippen molar-refractivity contribution in [3.8, 4) is 12.1 Å². The van der Waals surface area contributed by atoms with Crippen LogP contribution in [-0.4, -0.2) is 29.1 Å². The van der Waals surface area contributed by atoms with Crippen molar-refractivity contribution in [3.63, 3.8) is 0 Å². The van der Waals surface area contributed by atoms with Crippen LogP contribution in [0.4, 0.5) is 11.4 Å². The van der Waals surface area contributed by atoms with Crippen LogP contribution in [0.15, 0.2) is 24.3 Å². The van der Waals surface area contributed by atoms with Gasteiger partial charge in [-0.1, -0.05) is 0 Å². The van der Waals surface area contributed by atoms with Crippen LogP contribution in [0.1, 0.15) is 5.56 Å². The van der Waals surface area contributed by atoms with Gasteiger partial charge < -0.3 is 10.0 Å². The number of nitro benzene ring substituents is 1. The van der Waals surface area contributed by atoms with Crippen LogP contribution in [0, 0.1) is 32.8 Å². The zero-order valence-electron chi connectivity index (χ0n) is 10.8. The third-order valence-electron chi connectivity index (χ3n) is 2.50. The first-order valence-corrected chi connectivity index (χ1v) is 5.68. The minimum Gasteiger partial charge on any atom is -0.478 e. The Kier molecular flexibility index (Phi) is 5.42. The Bertz CT molecular complexity index is 654. The molecular formula is C13H10N4O4. The average Bonchev–Trinajstić information content (AvgIpc) is 2.44. The van der Waals surface area contributed by atoms with Gasteiger partial charge in [0, 0.05) is 17.8 Å². The lowest BCUT2D eigenvalue weighted by molar-refractivity contribution is -0.385. The molecule has 1 aromatic rings. The lowest BCUT2D eigenvalue weighted by Gasteiger charge is -2.18. The van der Waals surface area contributed by atoms with Crippen molar-refractivity contribution >= 4 is 23.4 Å². The molecule has 0 aliphatic rings. The van der Waals surface area contributed by atoms with Crippen molar-refractivity contribution in [2.24, 2.45) is 0 Å². The van der Waals surface area contributed by atoms with E-state index in [9.17, 15) is 14.9 Å². The third-order valence-corrected chi connectivity index (χ3v) is 2.50. The molecule has 8 heteroatoms. The van der Waals surface area contributed by atoms with Gasteiger partial charge in [-0.2, -0.15) is 10.5 Å². The van der Waals surface area contributed by atoms with Gasteiger partial charge in [0.2, 0.25) is 0 Å². The number of carbonyl (C=O) groups is 1. The second kappa shape index (κ2) is 7.26. The molecule has 0 atom stereocenters. The molecule has 0 aromatic heterocycles. The zero-order chi connectivity index (χ0) is 15.8. The zero-order valence-corrected chi connectivity index (χ0v) is 10.8. The van der Waals surface area contributed by atoms with Crippen molar-refractivity contribution in [2.45, 2.75) is 0 Å². The van der Waals surface area contributed by atoms with Crippen LogP contribution < -0.4 is 4.90 Å². The van der Waals surface area contributed by atoms with Crippen LogP contribution in [0.25, 0.3) is 6.08 Å². The summed E-state index contributed by atoms with van der Waals surface area (Å²) in [6.45, 7) is -0.124. The molecule has 1 aromatic carbocycles. The molecule has 1 rings (SSSR count). The molecular weight excluding hydrogens is 276 g/mol. The van der Waals surface area contributed by atoms with Gasteiger partial charge in [-0.05, 0) is 18.2 Å². The van der Waals surface area contributed by atoms with E-state index in [1.165, 1.54) is 23.1 Å². The number of carboxylic acid groups (broad SMARTS) is 1. The molecule has 106 valence electrons. The fourth-order valence-corrected chi connectivity index (χ4v) is 1.61. The molecule has 0 saturated carbocycles. The van der Waals surface area contributed by atoms with Gasteiger partial charge in [0.25, 0.3) is 5.69 Å². The fraction of sp³-hybridized carbons (Fsp3) is 0.154. The number of anilines is 1. The van der Waals surface area contributed by atoms with Gasteiger partial charge in [0.1, 0.15) is 13.1 Å². The summed E-state index contributed by atoms with van der Waals surface area (Å²) in [5.74, 6) is -1.24.